The van der Waals surface area contributed by atoms with Crippen molar-refractivity contribution in [2.24, 2.45) is 0 Å². The van der Waals surface area contributed by atoms with E-state index >= 15 is 0 Å². The van der Waals surface area contributed by atoms with Crippen molar-refractivity contribution in [2.75, 3.05) is 0 Å². The van der Waals surface area contributed by atoms with Gasteiger partial charge in [0.2, 0.25) is 0 Å². The van der Waals surface area contributed by atoms with Crippen LogP contribution in [0.15, 0.2) is 15.7 Å². The summed E-state index contributed by atoms with van der Waals surface area (Å²) in [4.78, 5) is 4.65. The second-order valence-electron chi connectivity index (χ2n) is 4.79. The lowest BCUT2D eigenvalue weighted by atomic mass is 10.3. The molecule has 0 unspecified atom stereocenters. The largest absolute Gasteiger partial charge is 0.361 e. The van der Waals surface area contributed by atoms with E-state index in [-0.39, 0.29) is 0 Å². The van der Waals surface area contributed by atoms with Crippen LogP contribution in [-0.2, 0) is 12.3 Å². The quantitative estimate of drug-likeness (QED) is 0.752. The SMILES string of the molecule is CCCCn1c(SCc2cc(C)on2)nc(C)c1C. The number of aryl methyl sites for hydroxylation is 2. The van der Waals surface area contributed by atoms with Gasteiger partial charge in [0, 0.05) is 24.1 Å². The standard InChI is InChI=1S/C14H21N3OS/c1-5-6-7-17-12(4)11(3)15-14(17)19-9-13-8-10(2)18-16-13/h8H,5-7,9H2,1-4H3. The highest BCUT2D eigenvalue weighted by molar-refractivity contribution is 7.98. The summed E-state index contributed by atoms with van der Waals surface area (Å²) < 4.78 is 7.40. The van der Waals surface area contributed by atoms with E-state index in [4.69, 9.17) is 4.52 Å². The molecule has 0 saturated carbocycles. The van der Waals surface area contributed by atoms with Crippen molar-refractivity contribution in [1.82, 2.24) is 14.7 Å². The van der Waals surface area contributed by atoms with Crippen LogP contribution in [-0.4, -0.2) is 14.7 Å². The van der Waals surface area contributed by atoms with Gasteiger partial charge >= 0.3 is 0 Å². The Hall–Kier alpha value is -1.23. The van der Waals surface area contributed by atoms with Gasteiger partial charge in [-0.15, -0.1) is 0 Å². The number of aromatic nitrogens is 3. The number of rotatable bonds is 6. The average molecular weight is 279 g/mol. The first-order valence-corrected chi connectivity index (χ1v) is 7.69. The van der Waals surface area contributed by atoms with Gasteiger partial charge < -0.3 is 9.09 Å². The molecular weight excluding hydrogens is 258 g/mol. The molecule has 2 aromatic heterocycles. The summed E-state index contributed by atoms with van der Waals surface area (Å²) in [5, 5.41) is 5.11. The van der Waals surface area contributed by atoms with Gasteiger partial charge in [0.25, 0.3) is 0 Å². The Balaban J connectivity index is 2.08. The zero-order valence-corrected chi connectivity index (χ0v) is 12.9. The summed E-state index contributed by atoms with van der Waals surface area (Å²) >= 11 is 1.73. The van der Waals surface area contributed by atoms with Gasteiger partial charge in [0.1, 0.15) is 5.76 Å². The van der Waals surface area contributed by atoms with Gasteiger partial charge in [-0.25, -0.2) is 4.98 Å². The van der Waals surface area contributed by atoms with E-state index in [1.165, 1.54) is 18.5 Å². The Kier molecular flexibility index (Phi) is 4.69. The number of imidazole rings is 1. The van der Waals surface area contributed by atoms with Crippen LogP contribution in [0.25, 0.3) is 0 Å². The molecule has 0 fully saturated rings. The molecule has 5 heteroatoms. The highest BCUT2D eigenvalue weighted by atomic mass is 32.2. The normalized spacial score (nSPS) is 11.2. The first-order chi connectivity index (χ1) is 9.11. The molecule has 0 radical (unpaired) electrons. The summed E-state index contributed by atoms with van der Waals surface area (Å²) in [6.45, 7) is 9.38. The molecule has 0 saturated heterocycles. The molecule has 0 aromatic carbocycles. The fourth-order valence-electron chi connectivity index (χ4n) is 1.94. The molecule has 0 N–H and O–H groups in total. The van der Waals surface area contributed by atoms with Gasteiger partial charge in [-0.1, -0.05) is 30.3 Å². The molecule has 0 bridgehead atoms. The lowest BCUT2D eigenvalue weighted by molar-refractivity contribution is 0.393. The van der Waals surface area contributed by atoms with E-state index in [2.05, 4.69) is 35.5 Å². The average Bonchev–Trinajstić information content (AvgIpc) is 2.91. The molecule has 2 aromatic rings. The monoisotopic (exact) mass is 279 g/mol. The smallest absolute Gasteiger partial charge is 0.168 e. The number of unbranched alkanes of at least 4 members (excludes halogenated alkanes) is 1. The molecule has 0 aliphatic rings. The topological polar surface area (TPSA) is 43.9 Å². The predicted octanol–water partition coefficient (Wildman–Crippen LogP) is 3.89. The molecule has 104 valence electrons. The van der Waals surface area contributed by atoms with Crippen molar-refractivity contribution < 1.29 is 4.52 Å². The Morgan fingerprint density at radius 1 is 1.32 bits per heavy atom. The number of hydrogen-bond donors (Lipinski definition) is 0. The van der Waals surface area contributed by atoms with E-state index in [1.807, 2.05) is 13.0 Å². The zero-order chi connectivity index (χ0) is 13.8. The van der Waals surface area contributed by atoms with Crippen LogP contribution >= 0.6 is 11.8 Å². The summed E-state index contributed by atoms with van der Waals surface area (Å²) in [6.07, 6.45) is 2.39. The van der Waals surface area contributed by atoms with Crippen molar-refractivity contribution in [3.8, 4) is 0 Å². The molecule has 0 aliphatic heterocycles. The van der Waals surface area contributed by atoms with Crippen LogP contribution in [0, 0.1) is 20.8 Å². The maximum atomic E-state index is 5.09. The van der Waals surface area contributed by atoms with Crippen LogP contribution in [0.2, 0.25) is 0 Å². The number of nitrogens with zero attached hydrogens (tertiary/aromatic N) is 3. The van der Waals surface area contributed by atoms with Crippen molar-refractivity contribution in [1.29, 1.82) is 0 Å². The molecule has 0 atom stereocenters. The maximum absolute atomic E-state index is 5.09. The van der Waals surface area contributed by atoms with E-state index in [0.29, 0.717) is 0 Å². The van der Waals surface area contributed by atoms with E-state index < -0.39 is 0 Å². The van der Waals surface area contributed by atoms with Crippen LogP contribution in [0.5, 0.6) is 0 Å². The fraction of sp³-hybridized carbons (Fsp3) is 0.571. The molecule has 0 spiro atoms. The summed E-state index contributed by atoms with van der Waals surface area (Å²) in [5.74, 6) is 1.66. The van der Waals surface area contributed by atoms with Crippen LogP contribution in [0.4, 0.5) is 0 Å². The summed E-state index contributed by atoms with van der Waals surface area (Å²) in [6, 6.07) is 1.98. The fourth-order valence-corrected chi connectivity index (χ4v) is 2.94. The van der Waals surface area contributed by atoms with Crippen LogP contribution in [0.3, 0.4) is 0 Å². The minimum Gasteiger partial charge on any atom is -0.361 e. The third-order valence-electron chi connectivity index (χ3n) is 3.18. The highest BCUT2D eigenvalue weighted by Gasteiger charge is 2.12. The Morgan fingerprint density at radius 2 is 2.11 bits per heavy atom. The first-order valence-electron chi connectivity index (χ1n) is 6.70. The molecule has 0 amide bonds. The van der Waals surface area contributed by atoms with E-state index in [9.17, 15) is 0 Å². The number of hydrogen-bond acceptors (Lipinski definition) is 4. The molecule has 2 heterocycles. The minimum absolute atomic E-state index is 0.805. The third-order valence-corrected chi connectivity index (χ3v) is 4.19. The zero-order valence-electron chi connectivity index (χ0n) is 12.1. The Bertz CT molecular complexity index is 545. The Labute approximate surface area is 118 Å². The molecular formula is C14H21N3OS. The lowest BCUT2D eigenvalue weighted by Gasteiger charge is -2.08. The van der Waals surface area contributed by atoms with Crippen molar-refractivity contribution in [3.63, 3.8) is 0 Å². The minimum atomic E-state index is 0.805. The third kappa shape index (κ3) is 3.41. The molecule has 4 nitrogen and oxygen atoms in total. The van der Waals surface area contributed by atoms with E-state index in [0.717, 1.165) is 34.6 Å². The van der Waals surface area contributed by atoms with Crippen molar-refractivity contribution in [2.45, 2.75) is 58.0 Å². The summed E-state index contributed by atoms with van der Waals surface area (Å²) in [5.41, 5.74) is 3.37. The van der Waals surface area contributed by atoms with E-state index in [1.54, 1.807) is 11.8 Å². The predicted molar refractivity (Wildman–Crippen MR) is 77.4 cm³/mol. The first kappa shape index (κ1) is 14.2. The van der Waals surface area contributed by atoms with Crippen molar-refractivity contribution >= 4 is 11.8 Å². The van der Waals surface area contributed by atoms with Gasteiger partial charge in [0.05, 0.1) is 11.4 Å². The van der Waals surface area contributed by atoms with Crippen LogP contribution < -0.4 is 0 Å². The highest BCUT2D eigenvalue weighted by Crippen LogP contribution is 2.25. The lowest BCUT2D eigenvalue weighted by Crippen LogP contribution is -2.02. The molecule has 0 aliphatic carbocycles. The van der Waals surface area contributed by atoms with Gasteiger partial charge in [-0.3, -0.25) is 0 Å². The van der Waals surface area contributed by atoms with Gasteiger partial charge in [-0.2, -0.15) is 0 Å². The Morgan fingerprint density at radius 3 is 2.74 bits per heavy atom. The molecule has 2 rings (SSSR count). The van der Waals surface area contributed by atoms with Crippen molar-refractivity contribution in [3.05, 3.63) is 28.9 Å². The summed E-state index contributed by atoms with van der Waals surface area (Å²) in [7, 11) is 0. The second-order valence-corrected chi connectivity index (χ2v) is 5.73. The van der Waals surface area contributed by atoms with Gasteiger partial charge in [0.15, 0.2) is 5.16 Å². The second kappa shape index (κ2) is 6.28. The molecule has 19 heavy (non-hydrogen) atoms. The maximum Gasteiger partial charge on any atom is 0.168 e. The number of thioether (sulfide) groups is 1. The van der Waals surface area contributed by atoms with Gasteiger partial charge in [-0.05, 0) is 27.2 Å². The van der Waals surface area contributed by atoms with Crippen LogP contribution in [0.1, 0.15) is 42.6 Å².